The molecule has 0 spiro atoms. The summed E-state index contributed by atoms with van der Waals surface area (Å²) in [5, 5.41) is 8.71. The number of hydrogen-bond donors (Lipinski definition) is 0. The maximum Gasteiger partial charge on any atom is 0.275 e. The fourth-order valence-corrected chi connectivity index (χ4v) is 3.62. The van der Waals surface area contributed by atoms with E-state index < -0.39 is 0 Å². The smallest absolute Gasteiger partial charge is 0.275 e. The lowest BCUT2D eigenvalue weighted by molar-refractivity contribution is 0.605. The van der Waals surface area contributed by atoms with Crippen LogP contribution in [0, 0.1) is 5.92 Å². The standard InChI is InChI=1S/C22H23N3O/c1-15(2)11-21-19-13-25(14-20(19)22(26)24(3)23-21)12-17-9-6-8-16-7-4-5-10-18(16)17/h4-10,13-15H,11-12H2,1-3H3. The summed E-state index contributed by atoms with van der Waals surface area (Å²) in [7, 11) is 1.73. The van der Waals surface area contributed by atoms with Gasteiger partial charge in [0, 0.05) is 31.4 Å². The zero-order valence-electron chi connectivity index (χ0n) is 15.4. The van der Waals surface area contributed by atoms with Gasteiger partial charge in [-0.1, -0.05) is 56.3 Å². The van der Waals surface area contributed by atoms with Gasteiger partial charge in [-0.3, -0.25) is 4.79 Å². The van der Waals surface area contributed by atoms with Crippen molar-refractivity contribution in [3.05, 3.63) is 76.5 Å². The highest BCUT2D eigenvalue weighted by atomic mass is 16.1. The predicted octanol–water partition coefficient (Wildman–Crippen LogP) is 4.14. The largest absolute Gasteiger partial charge is 0.348 e. The minimum atomic E-state index is -0.0378. The van der Waals surface area contributed by atoms with Gasteiger partial charge in [0.05, 0.1) is 11.1 Å². The van der Waals surface area contributed by atoms with Crippen LogP contribution in [0.4, 0.5) is 0 Å². The topological polar surface area (TPSA) is 39.8 Å². The van der Waals surface area contributed by atoms with Gasteiger partial charge >= 0.3 is 0 Å². The Hall–Kier alpha value is -2.88. The van der Waals surface area contributed by atoms with Gasteiger partial charge in [0.25, 0.3) is 5.56 Å². The number of hydrogen-bond acceptors (Lipinski definition) is 2. The normalized spacial score (nSPS) is 11.7. The first-order valence-electron chi connectivity index (χ1n) is 9.05. The Morgan fingerprint density at radius 2 is 1.69 bits per heavy atom. The summed E-state index contributed by atoms with van der Waals surface area (Å²) in [5.74, 6) is 0.490. The van der Waals surface area contributed by atoms with E-state index >= 15 is 0 Å². The van der Waals surface area contributed by atoms with E-state index in [9.17, 15) is 4.79 Å². The molecular formula is C22H23N3O. The predicted molar refractivity (Wildman–Crippen MR) is 107 cm³/mol. The third kappa shape index (κ3) is 2.92. The summed E-state index contributed by atoms with van der Waals surface area (Å²) in [6.07, 6.45) is 4.90. The monoisotopic (exact) mass is 345 g/mol. The summed E-state index contributed by atoms with van der Waals surface area (Å²) in [5.41, 5.74) is 2.21. The lowest BCUT2D eigenvalue weighted by atomic mass is 10.0. The SMILES string of the molecule is CC(C)Cc1nn(C)c(=O)c2cn(Cc3cccc4ccccc34)cc12. The Kier molecular flexibility index (Phi) is 4.11. The number of aryl methyl sites for hydroxylation is 1. The first-order valence-corrected chi connectivity index (χ1v) is 9.05. The van der Waals surface area contributed by atoms with Crippen molar-refractivity contribution in [2.75, 3.05) is 0 Å². The maximum absolute atomic E-state index is 12.5. The van der Waals surface area contributed by atoms with Crippen LogP contribution in [0.5, 0.6) is 0 Å². The number of aromatic nitrogens is 3. The maximum atomic E-state index is 12.5. The van der Waals surface area contributed by atoms with Crippen molar-refractivity contribution in [1.82, 2.24) is 14.3 Å². The van der Waals surface area contributed by atoms with E-state index in [1.54, 1.807) is 7.05 Å². The van der Waals surface area contributed by atoms with Crippen LogP contribution in [-0.4, -0.2) is 14.3 Å². The van der Waals surface area contributed by atoms with Crippen LogP contribution >= 0.6 is 0 Å². The molecule has 0 saturated carbocycles. The molecule has 4 nitrogen and oxygen atoms in total. The molecule has 0 saturated heterocycles. The van der Waals surface area contributed by atoms with Gasteiger partial charge in [-0.15, -0.1) is 0 Å². The highest BCUT2D eigenvalue weighted by molar-refractivity contribution is 5.86. The van der Waals surface area contributed by atoms with Crippen LogP contribution in [0.2, 0.25) is 0 Å². The molecule has 4 aromatic rings. The molecule has 0 amide bonds. The molecule has 0 N–H and O–H groups in total. The zero-order chi connectivity index (χ0) is 18.3. The number of benzene rings is 2. The number of rotatable bonds is 4. The Morgan fingerprint density at radius 3 is 2.50 bits per heavy atom. The molecule has 26 heavy (non-hydrogen) atoms. The van der Waals surface area contributed by atoms with Crippen molar-refractivity contribution in [3.63, 3.8) is 0 Å². The number of fused-ring (bicyclic) bond motifs is 2. The molecule has 0 radical (unpaired) electrons. The molecule has 0 aliphatic rings. The molecule has 0 aliphatic heterocycles. The second kappa shape index (κ2) is 6.45. The van der Waals surface area contributed by atoms with Gasteiger partial charge in [-0.2, -0.15) is 5.10 Å². The van der Waals surface area contributed by atoms with Gasteiger partial charge in [0.1, 0.15) is 0 Å². The lowest BCUT2D eigenvalue weighted by Crippen LogP contribution is -2.21. The van der Waals surface area contributed by atoms with E-state index in [1.165, 1.54) is 21.0 Å². The first-order chi connectivity index (χ1) is 12.5. The number of nitrogens with zero attached hydrogens (tertiary/aromatic N) is 3. The minimum Gasteiger partial charge on any atom is -0.348 e. The molecule has 0 unspecified atom stereocenters. The van der Waals surface area contributed by atoms with E-state index in [1.807, 2.05) is 6.20 Å². The molecule has 0 bridgehead atoms. The Balaban J connectivity index is 1.82. The van der Waals surface area contributed by atoms with E-state index in [0.717, 1.165) is 29.4 Å². The van der Waals surface area contributed by atoms with E-state index in [4.69, 9.17) is 0 Å². The highest BCUT2D eigenvalue weighted by Crippen LogP contribution is 2.22. The lowest BCUT2D eigenvalue weighted by Gasteiger charge is -2.08. The van der Waals surface area contributed by atoms with Crippen LogP contribution in [-0.2, 0) is 20.0 Å². The molecular weight excluding hydrogens is 322 g/mol. The molecule has 132 valence electrons. The van der Waals surface area contributed by atoms with E-state index in [-0.39, 0.29) is 5.56 Å². The molecule has 2 aromatic carbocycles. The zero-order valence-corrected chi connectivity index (χ0v) is 15.4. The second-order valence-electron chi connectivity index (χ2n) is 7.37. The molecule has 2 heterocycles. The molecule has 0 aliphatic carbocycles. The molecule has 0 atom stereocenters. The van der Waals surface area contributed by atoms with Crippen LogP contribution in [0.3, 0.4) is 0 Å². The summed E-state index contributed by atoms with van der Waals surface area (Å²) in [6, 6.07) is 14.8. The highest BCUT2D eigenvalue weighted by Gasteiger charge is 2.13. The fraction of sp³-hybridized carbons (Fsp3) is 0.273. The summed E-state index contributed by atoms with van der Waals surface area (Å²) < 4.78 is 3.57. The average Bonchev–Trinajstić information content (AvgIpc) is 3.04. The quantitative estimate of drug-likeness (QED) is 0.558. The van der Waals surface area contributed by atoms with Gasteiger partial charge in [0.15, 0.2) is 0 Å². The van der Waals surface area contributed by atoms with Crippen LogP contribution in [0.25, 0.3) is 21.5 Å². The van der Waals surface area contributed by atoms with Crippen molar-refractivity contribution in [3.8, 4) is 0 Å². The fourth-order valence-electron chi connectivity index (χ4n) is 3.62. The van der Waals surface area contributed by atoms with E-state index in [2.05, 4.69) is 72.2 Å². The van der Waals surface area contributed by atoms with Crippen molar-refractivity contribution in [2.45, 2.75) is 26.8 Å². The van der Waals surface area contributed by atoms with Gasteiger partial charge in [0.2, 0.25) is 0 Å². The molecule has 2 aromatic heterocycles. The van der Waals surface area contributed by atoms with Gasteiger partial charge in [-0.05, 0) is 28.7 Å². The van der Waals surface area contributed by atoms with Crippen molar-refractivity contribution >= 4 is 21.5 Å². The Bertz CT molecular complexity index is 1150. The van der Waals surface area contributed by atoms with Crippen molar-refractivity contribution in [1.29, 1.82) is 0 Å². The van der Waals surface area contributed by atoms with Gasteiger partial charge < -0.3 is 4.57 Å². The molecule has 4 rings (SSSR count). The third-order valence-electron chi connectivity index (χ3n) is 4.82. The van der Waals surface area contributed by atoms with Crippen LogP contribution in [0.1, 0.15) is 25.1 Å². The third-order valence-corrected chi connectivity index (χ3v) is 4.82. The van der Waals surface area contributed by atoms with Crippen molar-refractivity contribution < 1.29 is 0 Å². The van der Waals surface area contributed by atoms with E-state index in [0.29, 0.717) is 5.92 Å². The average molecular weight is 345 g/mol. The summed E-state index contributed by atoms with van der Waals surface area (Å²) in [4.78, 5) is 12.5. The summed E-state index contributed by atoms with van der Waals surface area (Å²) >= 11 is 0. The van der Waals surface area contributed by atoms with Crippen LogP contribution in [0.15, 0.2) is 59.7 Å². The van der Waals surface area contributed by atoms with Crippen molar-refractivity contribution in [2.24, 2.45) is 13.0 Å². The summed E-state index contributed by atoms with van der Waals surface area (Å²) in [6.45, 7) is 5.08. The Labute approximate surface area is 152 Å². The molecule has 4 heteroatoms. The first kappa shape index (κ1) is 16.6. The second-order valence-corrected chi connectivity index (χ2v) is 7.37. The Morgan fingerprint density at radius 1 is 0.962 bits per heavy atom. The molecule has 0 fully saturated rings. The minimum absolute atomic E-state index is 0.0378. The van der Waals surface area contributed by atoms with Gasteiger partial charge in [-0.25, -0.2) is 4.68 Å². The van der Waals surface area contributed by atoms with Crippen LogP contribution < -0.4 is 5.56 Å².